The summed E-state index contributed by atoms with van der Waals surface area (Å²) in [5.41, 5.74) is 7.17. The fourth-order valence-electron chi connectivity index (χ4n) is 3.89. The van der Waals surface area contributed by atoms with Crippen molar-refractivity contribution in [2.45, 2.75) is 20.8 Å². The Morgan fingerprint density at radius 1 is 1.03 bits per heavy atom. The molecule has 0 atom stereocenters. The number of allylic oxidation sites excluding steroid dienone is 1. The Kier molecular flexibility index (Phi) is 6.50. The summed E-state index contributed by atoms with van der Waals surface area (Å²) in [5, 5.41) is 4.63. The second-order valence-electron chi connectivity index (χ2n) is 7.96. The first-order chi connectivity index (χ1) is 15.8. The number of hydrogen-bond donors (Lipinski definition) is 1. The van der Waals surface area contributed by atoms with Crippen LogP contribution in [0.15, 0.2) is 65.3 Å². The smallest absolute Gasteiger partial charge is 0.248 e. The minimum atomic E-state index is -0.319. The number of rotatable bonds is 5. The molecule has 0 unspecified atom stereocenters. The van der Waals surface area contributed by atoms with Gasteiger partial charge in [0.05, 0.1) is 24.1 Å². The molecular formula is C27H23Cl2NO3. The fourth-order valence-corrected chi connectivity index (χ4v) is 4.23. The van der Waals surface area contributed by atoms with Gasteiger partial charge in [0, 0.05) is 33.7 Å². The Morgan fingerprint density at radius 3 is 2.55 bits per heavy atom. The van der Waals surface area contributed by atoms with E-state index in [9.17, 15) is 4.79 Å². The number of anilines is 1. The molecule has 4 aromatic rings. The first kappa shape index (κ1) is 23.0. The van der Waals surface area contributed by atoms with Gasteiger partial charge < -0.3 is 14.5 Å². The van der Waals surface area contributed by atoms with Crippen LogP contribution in [-0.4, -0.2) is 13.0 Å². The van der Waals surface area contributed by atoms with E-state index in [0.717, 1.165) is 27.6 Å². The van der Waals surface area contributed by atoms with Crippen molar-refractivity contribution >= 4 is 51.3 Å². The van der Waals surface area contributed by atoms with E-state index < -0.39 is 0 Å². The number of hydrogen-bond acceptors (Lipinski definition) is 3. The standard InChI is InChI=1S/C27H23Cl2NO3/c1-15-5-7-19(16(2)9-15)22-14-33-26-13-25(32-4)20(12-21(22)26)17(3)10-27(31)30-24-11-18(28)6-8-23(24)29/h5-14H,1-4H3,(H,30,31)/b17-10+. The van der Waals surface area contributed by atoms with Gasteiger partial charge in [-0.1, -0.05) is 47.0 Å². The molecule has 0 spiro atoms. The van der Waals surface area contributed by atoms with Gasteiger partial charge >= 0.3 is 0 Å². The van der Waals surface area contributed by atoms with Crippen molar-refractivity contribution in [3.05, 3.63) is 87.6 Å². The van der Waals surface area contributed by atoms with Crippen molar-refractivity contribution in [3.63, 3.8) is 0 Å². The Morgan fingerprint density at radius 2 is 1.82 bits per heavy atom. The second kappa shape index (κ2) is 9.34. The summed E-state index contributed by atoms with van der Waals surface area (Å²) in [6.45, 7) is 6.02. The highest BCUT2D eigenvalue weighted by atomic mass is 35.5. The van der Waals surface area contributed by atoms with Gasteiger partial charge in [0.2, 0.25) is 5.91 Å². The quantitative estimate of drug-likeness (QED) is 0.294. The van der Waals surface area contributed by atoms with Gasteiger partial charge in [-0.15, -0.1) is 0 Å². The first-order valence-corrected chi connectivity index (χ1v) is 11.1. The van der Waals surface area contributed by atoms with Crippen LogP contribution in [0.4, 0.5) is 5.69 Å². The van der Waals surface area contributed by atoms with E-state index >= 15 is 0 Å². The van der Waals surface area contributed by atoms with E-state index in [1.807, 2.05) is 19.1 Å². The predicted molar refractivity (Wildman–Crippen MR) is 136 cm³/mol. The highest BCUT2D eigenvalue weighted by Gasteiger charge is 2.16. The van der Waals surface area contributed by atoms with Crippen LogP contribution in [0.25, 0.3) is 27.7 Å². The predicted octanol–water partition coefficient (Wildman–Crippen LogP) is 8.07. The third-order valence-corrected chi connectivity index (χ3v) is 6.09. The van der Waals surface area contributed by atoms with Gasteiger partial charge in [0.1, 0.15) is 11.3 Å². The lowest BCUT2D eigenvalue weighted by atomic mass is 9.96. The normalized spacial score (nSPS) is 11.6. The highest BCUT2D eigenvalue weighted by Crippen LogP contribution is 2.38. The van der Waals surface area contributed by atoms with Crippen molar-refractivity contribution < 1.29 is 13.9 Å². The number of nitrogens with one attached hydrogen (secondary N) is 1. The second-order valence-corrected chi connectivity index (χ2v) is 8.80. The van der Waals surface area contributed by atoms with Crippen molar-refractivity contribution in [1.82, 2.24) is 0 Å². The van der Waals surface area contributed by atoms with Gasteiger partial charge in [-0.2, -0.15) is 0 Å². The van der Waals surface area contributed by atoms with Gasteiger partial charge in [-0.05, 0) is 61.7 Å². The monoisotopic (exact) mass is 479 g/mol. The minimum Gasteiger partial charge on any atom is -0.496 e. The summed E-state index contributed by atoms with van der Waals surface area (Å²) in [4.78, 5) is 12.7. The molecule has 0 fully saturated rings. The third kappa shape index (κ3) is 4.77. The van der Waals surface area contributed by atoms with Crippen LogP contribution in [0, 0.1) is 13.8 Å². The van der Waals surface area contributed by atoms with Crippen molar-refractivity contribution in [1.29, 1.82) is 0 Å². The molecule has 168 valence electrons. The zero-order valence-corrected chi connectivity index (χ0v) is 20.3. The summed E-state index contributed by atoms with van der Waals surface area (Å²) in [6, 6.07) is 15.1. The Bertz CT molecular complexity index is 1400. The van der Waals surface area contributed by atoms with E-state index in [1.54, 1.807) is 31.6 Å². The number of fused-ring (bicyclic) bond motifs is 1. The fraction of sp³-hybridized carbons (Fsp3) is 0.148. The molecule has 1 aromatic heterocycles. The molecule has 3 aromatic carbocycles. The maximum absolute atomic E-state index is 12.7. The molecule has 0 saturated carbocycles. The van der Waals surface area contributed by atoms with Crippen LogP contribution in [0.3, 0.4) is 0 Å². The van der Waals surface area contributed by atoms with E-state index in [4.69, 9.17) is 32.4 Å². The average Bonchev–Trinajstić information content (AvgIpc) is 3.18. The Labute approximate surface area is 202 Å². The van der Waals surface area contributed by atoms with Crippen LogP contribution in [-0.2, 0) is 4.79 Å². The van der Waals surface area contributed by atoms with E-state index in [2.05, 4.69) is 37.4 Å². The summed E-state index contributed by atoms with van der Waals surface area (Å²) >= 11 is 12.2. The number of benzene rings is 3. The zero-order chi connectivity index (χ0) is 23.7. The van der Waals surface area contributed by atoms with Crippen LogP contribution in [0.2, 0.25) is 10.0 Å². The van der Waals surface area contributed by atoms with Gasteiger partial charge in [-0.25, -0.2) is 0 Å². The number of halogens is 2. The molecule has 1 amide bonds. The van der Waals surface area contributed by atoms with Crippen LogP contribution < -0.4 is 10.1 Å². The summed E-state index contributed by atoms with van der Waals surface area (Å²) in [5.74, 6) is 0.298. The number of aryl methyl sites for hydroxylation is 2. The lowest BCUT2D eigenvalue weighted by molar-refractivity contribution is -0.111. The molecule has 0 radical (unpaired) electrons. The highest BCUT2D eigenvalue weighted by molar-refractivity contribution is 6.35. The van der Waals surface area contributed by atoms with Crippen LogP contribution in [0.5, 0.6) is 5.75 Å². The number of carbonyl (C=O) groups is 1. The number of carbonyl (C=O) groups excluding carboxylic acids is 1. The molecule has 33 heavy (non-hydrogen) atoms. The molecule has 1 N–H and O–H groups in total. The number of amides is 1. The van der Waals surface area contributed by atoms with Crippen LogP contribution in [0.1, 0.15) is 23.6 Å². The van der Waals surface area contributed by atoms with Gasteiger partial charge in [-0.3, -0.25) is 4.79 Å². The molecule has 1 heterocycles. The van der Waals surface area contributed by atoms with Crippen LogP contribution >= 0.6 is 23.2 Å². The molecule has 0 saturated heterocycles. The number of ether oxygens (including phenoxy) is 1. The molecule has 4 rings (SSSR count). The first-order valence-electron chi connectivity index (χ1n) is 10.4. The largest absolute Gasteiger partial charge is 0.496 e. The molecule has 0 aliphatic carbocycles. The van der Waals surface area contributed by atoms with Gasteiger partial charge in [0.25, 0.3) is 0 Å². The lowest BCUT2D eigenvalue weighted by Gasteiger charge is -2.11. The zero-order valence-electron chi connectivity index (χ0n) is 18.8. The third-order valence-electron chi connectivity index (χ3n) is 5.53. The van der Waals surface area contributed by atoms with E-state index in [1.165, 1.54) is 17.2 Å². The molecule has 4 nitrogen and oxygen atoms in total. The SMILES string of the molecule is COc1cc2occ(-c3ccc(C)cc3C)c2cc1/C(C)=C/C(=O)Nc1cc(Cl)ccc1Cl. The van der Waals surface area contributed by atoms with Crippen molar-refractivity contribution in [2.75, 3.05) is 12.4 Å². The molecule has 0 aliphatic heterocycles. The summed E-state index contributed by atoms with van der Waals surface area (Å²) in [6.07, 6.45) is 3.27. The number of furan rings is 1. The maximum Gasteiger partial charge on any atom is 0.248 e. The minimum absolute atomic E-state index is 0.319. The Hall–Kier alpha value is -3.21. The topological polar surface area (TPSA) is 51.5 Å². The van der Waals surface area contributed by atoms with E-state index in [0.29, 0.717) is 27.1 Å². The van der Waals surface area contributed by atoms with E-state index in [-0.39, 0.29) is 5.91 Å². The average molecular weight is 480 g/mol. The molecule has 6 heteroatoms. The summed E-state index contributed by atoms with van der Waals surface area (Å²) < 4.78 is 11.4. The van der Waals surface area contributed by atoms with Crippen molar-refractivity contribution in [2.24, 2.45) is 0 Å². The molecule has 0 bridgehead atoms. The number of methoxy groups -OCH3 is 1. The Balaban J connectivity index is 1.74. The molecular weight excluding hydrogens is 457 g/mol. The lowest BCUT2D eigenvalue weighted by Crippen LogP contribution is -2.09. The summed E-state index contributed by atoms with van der Waals surface area (Å²) in [7, 11) is 1.59. The van der Waals surface area contributed by atoms with Crippen molar-refractivity contribution in [3.8, 4) is 16.9 Å². The van der Waals surface area contributed by atoms with Gasteiger partial charge in [0.15, 0.2) is 0 Å². The molecule has 0 aliphatic rings. The maximum atomic E-state index is 12.7.